The molecule has 1 aliphatic rings. The van der Waals surface area contributed by atoms with E-state index in [9.17, 15) is 4.79 Å². The van der Waals surface area contributed by atoms with Crippen molar-refractivity contribution in [3.8, 4) is 0 Å². The van der Waals surface area contributed by atoms with E-state index in [-0.39, 0.29) is 12.6 Å². The second-order valence-electron chi connectivity index (χ2n) is 3.50. The van der Waals surface area contributed by atoms with Crippen LogP contribution in [0.5, 0.6) is 0 Å². The van der Waals surface area contributed by atoms with Gasteiger partial charge in [-0.1, -0.05) is 0 Å². The molecule has 0 radical (unpaired) electrons. The van der Waals surface area contributed by atoms with Gasteiger partial charge in [-0.15, -0.1) is 0 Å². The lowest BCUT2D eigenvalue weighted by atomic mass is 9.99. The van der Waals surface area contributed by atoms with E-state index < -0.39 is 5.97 Å². The van der Waals surface area contributed by atoms with E-state index in [0.29, 0.717) is 6.04 Å². The molecule has 2 unspecified atom stereocenters. The quantitative estimate of drug-likeness (QED) is 0.609. The molecule has 0 aromatic carbocycles. The fourth-order valence-corrected chi connectivity index (χ4v) is 1.67. The largest absolute Gasteiger partial charge is 0.480 e. The summed E-state index contributed by atoms with van der Waals surface area (Å²) in [6.07, 6.45) is 1.82. The Labute approximate surface area is 72.3 Å². The number of nitrogens with zero attached hydrogens (tertiary/aromatic N) is 1. The Balaban J connectivity index is 2.39. The van der Waals surface area contributed by atoms with Crippen LogP contribution in [0.1, 0.15) is 19.8 Å². The molecular weight excluding hydrogens is 156 g/mol. The summed E-state index contributed by atoms with van der Waals surface area (Å²) in [5.41, 5.74) is 5.74. The van der Waals surface area contributed by atoms with E-state index in [4.69, 9.17) is 10.8 Å². The first-order valence-corrected chi connectivity index (χ1v) is 4.31. The minimum absolute atomic E-state index is 0.147. The summed E-state index contributed by atoms with van der Waals surface area (Å²) >= 11 is 0. The maximum Gasteiger partial charge on any atom is 0.317 e. The van der Waals surface area contributed by atoms with Crippen LogP contribution in [0, 0.1) is 0 Å². The highest BCUT2D eigenvalue weighted by Crippen LogP contribution is 2.14. The third kappa shape index (κ3) is 2.46. The third-order valence-electron chi connectivity index (χ3n) is 2.39. The van der Waals surface area contributed by atoms with E-state index in [1.54, 1.807) is 0 Å². The summed E-state index contributed by atoms with van der Waals surface area (Å²) in [5, 5.41) is 8.58. The van der Waals surface area contributed by atoms with Crippen LogP contribution < -0.4 is 5.73 Å². The summed E-state index contributed by atoms with van der Waals surface area (Å²) in [4.78, 5) is 12.4. The number of aliphatic carboxylic acids is 1. The van der Waals surface area contributed by atoms with Crippen molar-refractivity contribution in [2.24, 2.45) is 5.73 Å². The predicted octanol–water partition coefficient (Wildman–Crippen LogP) is -0.117. The normalized spacial score (nSPS) is 31.8. The molecule has 1 heterocycles. The van der Waals surface area contributed by atoms with Crippen molar-refractivity contribution in [1.82, 2.24) is 4.90 Å². The van der Waals surface area contributed by atoms with Gasteiger partial charge in [0.1, 0.15) is 0 Å². The molecule has 3 N–H and O–H groups in total. The Morgan fingerprint density at radius 3 is 2.92 bits per heavy atom. The van der Waals surface area contributed by atoms with Crippen molar-refractivity contribution in [3.05, 3.63) is 0 Å². The van der Waals surface area contributed by atoms with Crippen LogP contribution >= 0.6 is 0 Å². The van der Waals surface area contributed by atoms with Gasteiger partial charge in [-0.2, -0.15) is 0 Å². The Bertz CT molecular complexity index is 172. The smallest absolute Gasteiger partial charge is 0.317 e. The number of rotatable bonds is 2. The van der Waals surface area contributed by atoms with Crippen LogP contribution in [0.25, 0.3) is 0 Å². The summed E-state index contributed by atoms with van der Waals surface area (Å²) < 4.78 is 0. The third-order valence-corrected chi connectivity index (χ3v) is 2.39. The van der Waals surface area contributed by atoms with Gasteiger partial charge in [-0.25, -0.2) is 0 Å². The van der Waals surface area contributed by atoms with Crippen LogP contribution in [0.4, 0.5) is 0 Å². The molecular formula is C8H16N2O2. The standard InChI is InChI=1S/C8H16N2O2/c1-6-4-7(9)2-3-10(6)5-8(11)12/h6-7H,2-5,9H2,1H3,(H,11,12). The minimum Gasteiger partial charge on any atom is -0.480 e. The average molecular weight is 172 g/mol. The maximum absolute atomic E-state index is 10.4. The number of nitrogens with two attached hydrogens (primary N) is 1. The predicted molar refractivity (Wildman–Crippen MR) is 45.9 cm³/mol. The molecule has 0 amide bonds. The van der Waals surface area contributed by atoms with Gasteiger partial charge in [0, 0.05) is 18.6 Å². The minimum atomic E-state index is -0.752. The number of likely N-dealkylation sites (tertiary alicyclic amines) is 1. The molecule has 1 saturated heterocycles. The van der Waals surface area contributed by atoms with Gasteiger partial charge in [0.15, 0.2) is 0 Å². The Hall–Kier alpha value is -0.610. The monoisotopic (exact) mass is 172 g/mol. The van der Waals surface area contributed by atoms with E-state index in [1.165, 1.54) is 0 Å². The first-order chi connectivity index (χ1) is 5.59. The van der Waals surface area contributed by atoms with Crippen LogP contribution in [-0.4, -0.2) is 41.1 Å². The molecule has 1 aliphatic heterocycles. The number of carboxylic acid groups (broad SMARTS) is 1. The zero-order valence-corrected chi connectivity index (χ0v) is 7.36. The van der Waals surface area contributed by atoms with Crippen molar-refractivity contribution in [3.63, 3.8) is 0 Å². The molecule has 4 nitrogen and oxygen atoms in total. The lowest BCUT2D eigenvalue weighted by Gasteiger charge is -2.35. The van der Waals surface area contributed by atoms with Crippen LogP contribution in [0.3, 0.4) is 0 Å². The van der Waals surface area contributed by atoms with Crippen molar-refractivity contribution >= 4 is 5.97 Å². The molecule has 12 heavy (non-hydrogen) atoms. The zero-order valence-electron chi connectivity index (χ0n) is 7.36. The molecule has 0 saturated carbocycles. The first kappa shape index (κ1) is 9.48. The number of piperidine rings is 1. The molecule has 0 aromatic heterocycles. The van der Waals surface area contributed by atoms with Crippen molar-refractivity contribution in [1.29, 1.82) is 0 Å². The van der Waals surface area contributed by atoms with E-state index in [0.717, 1.165) is 19.4 Å². The molecule has 0 aliphatic carbocycles. The summed E-state index contributed by atoms with van der Waals surface area (Å²) in [6, 6.07) is 0.565. The van der Waals surface area contributed by atoms with E-state index >= 15 is 0 Å². The highest BCUT2D eigenvalue weighted by Gasteiger charge is 2.24. The van der Waals surface area contributed by atoms with E-state index in [2.05, 4.69) is 0 Å². The van der Waals surface area contributed by atoms with Gasteiger partial charge in [0.05, 0.1) is 6.54 Å². The number of carbonyl (C=O) groups is 1. The Morgan fingerprint density at radius 2 is 2.42 bits per heavy atom. The molecule has 70 valence electrons. The van der Waals surface area contributed by atoms with Gasteiger partial charge in [0.25, 0.3) is 0 Å². The van der Waals surface area contributed by atoms with Gasteiger partial charge in [0.2, 0.25) is 0 Å². The molecule has 4 heteroatoms. The van der Waals surface area contributed by atoms with Gasteiger partial charge >= 0.3 is 5.97 Å². The summed E-state index contributed by atoms with van der Waals surface area (Å²) in [7, 11) is 0. The average Bonchev–Trinajstić information content (AvgIpc) is 1.94. The van der Waals surface area contributed by atoms with Crippen molar-refractivity contribution < 1.29 is 9.90 Å². The maximum atomic E-state index is 10.4. The Morgan fingerprint density at radius 1 is 1.75 bits per heavy atom. The zero-order chi connectivity index (χ0) is 9.14. The molecule has 0 bridgehead atoms. The number of hydrogen-bond acceptors (Lipinski definition) is 3. The molecule has 1 rings (SSSR count). The first-order valence-electron chi connectivity index (χ1n) is 4.31. The van der Waals surface area contributed by atoms with Gasteiger partial charge in [-0.3, -0.25) is 9.69 Å². The number of hydrogen-bond donors (Lipinski definition) is 2. The van der Waals surface area contributed by atoms with Gasteiger partial charge < -0.3 is 10.8 Å². The number of carboxylic acids is 1. The highest BCUT2D eigenvalue weighted by atomic mass is 16.4. The molecule has 0 spiro atoms. The van der Waals surface area contributed by atoms with Crippen molar-refractivity contribution in [2.45, 2.75) is 31.8 Å². The second-order valence-corrected chi connectivity index (χ2v) is 3.50. The summed E-state index contributed by atoms with van der Waals surface area (Å²) in [5.74, 6) is -0.752. The van der Waals surface area contributed by atoms with Gasteiger partial charge in [-0.05, 0) is 19.8 Å². The van der Waals surface area contributed by atoms with Crippen LogP contribution in [0.2, 0.25) is 0 Å². The molecule has 2 atom stereocenters. The topological polar surface area (TPSA) is 66.6 Å². The van der Waals surface area contributed by atoms with Crippen LogP contribution in [-0.2, 0) is 4.79 Å². The molecule has 0 aromatic rings. The van der Waals surface area contributed by atoms with E-state index in [1.807, 2.05) is 11.8 Å². The SMILES string of the molecule is CC1CC(N)CCN1CC(=O)O. The second kappa shape index (κ2) is 3.87. The molecule has 1 fully saturated rings. The fraction of sp³-hybridized carbons (Fsp3) is 0.875. The van der Waals surface area contributed by atoms with Crippen molar-refractivity contribution in [2.75, 3.05) is 13.1 Å². The highest BCUT2D eigenvalue weighted by molar-refractivity contribution is 5.69. The fourth-order valence-electron chi connectivity index (χ4n) is 1.67. The van der Waals surface area contributed by atoms with Crippen LogP contribution in [0.15, 0.2) is 0 Å². The lowest BCUT2D eigenvalue weighted by molar-refractivity contribution is -0.139. The lowest BCUT2D eigenvalue weighted by Crippen LogP contribution is -2.47. The summed E-state index contributed by atoms with van der Waals surface area (Å²) in [6.45, 7) is 2.99. The Kier molecular flexibility index (Phi) is 3.05.